The molecular weight excluding hydrogens is 208 g/mol. The number of anilines is 1. The third-order valence-corrected chi connectivity index (χ3v) is 2.24. The van der Waals surface area contributed by atoms with E-state index in [2.05, 4.69) is 0 Å². The largest absolute Gasteiger partial charge is 0.447 e. The Kier molecular flexibility index (Phi) is 4.75. The van der Waals surface area contributed by atoms with E-state index in [4.69, 9.17) is 15.6 Å². The van der Waals surface area contributed by atoms with E-state index >= 15 is 0 Å². The van der Waals surface area contributed by atoms with Crippen LogP contribution >= 0.6 is 0 Å². The van der Waals surface area contributed by atoms with E-state index in [0.717, 1.165) is 18.4 Å². The predicted octanol–water partition coefficient (Wildman–Crippen LogP) is 0.710. The minimum Gasteiger partial charge on any atom is -0.447 e. The molecule has 88 valence electrons. The summed E-state index contributed by atoms with van der Waals surface area (Å²) in [7, 11) is 1.00. The van der Waals surface area contributed by atoms with Gasteiger partial charge in [0.05, 0.1) is 6.54 Å². The molecule has 1 amide bonds. The Morgan fingerprint density at radius 2 is 2.00 bits per heavy atom. The number of aliphatic hydroxyl groups excluding tert-OH is 1. The van der Waals surface area contributed by atoms with Gasteiger partial charge in [-0.25, -0.2) is 4.79 Å². The second-order valence-corrected chi connectivity index (χ2v) is 3.14. The van der Waals surface area contributed by atoms with Crippen LogP contribution in [0.15, 0.2) is 24.3 Å². The van der Waals surface area contributed by atoms with Gasteiger partial charge >= 0.3 is 6.09 Å². The lowest BCUT2D eigenvalue weighted by Gasteiger charge is -2.12. The molecule has 2 rings (SSSR count). The van der Waals surface area contributed by atoms with Gasteiger partial charge in [-0.15, -0.1) is 0 Å². The van der Waals surface area contributed by atoms with Crippen LogP contribution in [0.4, 0.5) is 10.5 Å². The fraction of sp³-hybridized carbons (Fsp3) is 0.364. The van der Waals surface area contributed by atoms with Gasteiger partial charge in [0.25, 0.3) is 0 Å². The zero-order chi connectivity index (χ0) is 12.0. The minimum absolute atomic E-state index is 0.273. The Balaban J connectivity index is 0.000000606. The number of hydrogen-bond donors (Lipinski definition) is 2. The van der Waals surface area contributed by atoms with E-state index in [0.29, 0.717) is 19.7 Å². The third kappa shape index (κ3) is 2.71. The molecular formula is C11H16N2O3. The van der Waals surface area contributed by atoms with Crippen LogP contribution in [0.5, 0.6) is 0 Å². The molecule has 0 saturated carbocycles. The summed E-state index contributed by atoms with van der Waals surface area (Å²) in [5, 5.41) is 7.00. The summed E-state index contributed by atoms with van der Waals surface area (Å²) in [5.41, 5.74) is 7.40. The Morgan fingerprint density at radius 3 is 2.44 bits per heavy atom. The van der Waals surface area contributed by atoms with Crippen molar-refractivity contribution in [2.75, 3.05) is 25.2 Å². The van der Waals surface area contributed by atoms with Gasteiger partial charge in [0.15, 0.2) is 0 Å². The number of ether oxygens (including phenoxy) is 1. The molecule has 16 heavy (non-hydrogen) atoms. The van der Waals surface area contributed by atoms with E-state index < -0.39 is 0 Å². The molecule has 1 aliphatic rings. The lowest BCUT2D eigenvalue weighted by molar-refractivity contribution is 0.181. The quantitative estimate of drug-likeness (QED) is 0.775. The molecule has 1 saturated heterocycles. The van der Waals surface area contributed by atoms with Crippen molar-refractivity contribution in [2.24, 2.45) is 5.73 Å². The standard InChI is InChI=1S/C10H12N2O2.CH4O/c11-7-8-1-3-9(4-2-8)12-5-6-14-10(12)13;1-2/h1-4H,5-7,11H2;2H,1H3. The topological polar surface area (TPSA) is 75.8 Å². The first-order valence-electron chi connectivity index (χ1n) is 4.99. The van der Waals surface area contributed by atoms with Gasteiger partial charge in [0.2, 0.25) is 0 Å². The zero-order valence-electron chi connectivity index (χ0n) is 9.22. The summed E-state index contributed by atoms with van der Waals surface area (Å²) < 4.78 is 4.84. The lowest BCUT2D eigenvalue weighted by atomic mass is 10.2. The normalized spacial score (nSPS) is 14.2. The highest BCUT2D eigenvalue weighted by Crippen LogP contribution is 2.18. The summed E-state index contributed by atoms with van der Waals surface area (Å²) in [6.45, 7) is 1.61. The second kappa shape index (κ2) is 6.09. The maximum atomic E-state index is 11.2. The molecule has 0 aliphatic carbocycles. The van der Waals surface area contributed by atoms with E-state index in [1.54, 1.807) is 4.90 Å². The number of nitrogens with zero attached hydrogens (tertiary/aromatic N) is 1. The summed E-state index contributed by atoms with van der Waals surface area (Å²) in [6.07, 6.45) is -0.273. The molecule has 0 bridgehead atoms. The lowest BCUT2D eigenvalue weighted by Crippen LogP contribution is -2.23. The number of amides is 1. The smallest absolute Gasteiger partial charge is 0.414 e. The van der Waals surface area contributed by atoms with Crippen LogP contribution in [0.3, 0.4) is 0 Å². The van der Waals surface area contributed by atoms with E-state index in [9.17, 15) is 4.79 Å². The fourth-order valence-corrected chi connectivity index (χ4v) is 1.44. The van der Waals surface area contributed by atoms with Crippen molar-refractivity contribution in [2.45, 2.75) is 6.54 Å². The molecule has 0 atom stereocenters. The van der Waals surface area contributed by atoms with E-state index in [-0.39, 0.29) is 6.09 Å². The summed E-state index contributed by atoms with van der Waals surface area (Å²) in [5.74, 6) is 0. The molecule has 0 radical (unpaired) electrons. The third-order valence-electron chi connectivity index (χ3n) is 2.24. The van der Waals surface area contributed by atoms with Crippen molar-refractivity contribution in [3.63, 3.8) is 0 Å². The van der Waals surface area contributed by atoms with Crippen LogP contribution in [0.2, 0.25) is 0 Å². The second-order valence-electron chi connectivity index (χ2n) is 3.14. The van der Waals surface area contributed by atoms with Gasteiger partial charge in [-0.2, -0.15) is 0 Å². The van der Waals surface area contributed by atoms with Crippen LogP contribution in [-0.4, -0.2) is 31.5 Å². The highest BCUT2D eigenvalue weighted by molar-refractivity contribution is 5.89. The van der Waals surface area contributed by atoms with Crippen molar-refractivity contribution in [3.8, 4) is 0 Å². The number of carbonyl (C=O) groups excluding carboxylic acids is 1. The molecule has 1 aliphatic heterocycles. The zero-order valence-corrected chi connectivity index (χ0v) is 9.22. The first-order valence-corrected chi connectivity index (χ1v) is 4.99. The Labute approximate surface area is 94.4 Å². The van der Waals surface area contributed by atoms with Crippen LogP contribution in [0, 0.1) is 0 Å². The van der Waals surface area contributed by atoms with Crippen LogP contribution in [0.25, 0.3) is 0 Å². The number of aliphatic hydroxyl groups is 1. The SMILES string of the molecule is CO.NCc1ccc(N2CCOC2=O)cc1. The number of carbonyl (C=O) groups is 1. The van der Waals surface area contributed by atoms with Crippen molar-refractivity contribution in [3.05, 3.63) is 29.8 Å². The summed E-state index contributed by atoms with van der Waals surface area (Å²) in [4.78, 5) is 12.8. The van der Waals surface area contributed by atoms with Crippen molar-refractivity contribution >= 4 is 11.8 Å². The molecule has 1 fully saturated rings. The fourth-order valence-electron chi connectivity index (χ4n) is 1.44. The van der Waals surface area contributed by atoms with Crippen LogP contribution in [-0.2, 0) is 11.3 Å². The monoisotopic (exact) mass is 224 g/mol. The number of rotatable bonds is 2. The van der Waals surface area contributed by atoms with Gasteiger partial charge in [-0.05, 0) is 17.7 Å². The first kappa shape index (κ1) is 12.5. The Hall–Kier alpha value is -1.59. The Morgan fingerprint density at radius 1 is 1.38 bits per heavy atom. The van der Waals surface area contributed by atoms with Gasteiger partial charge in [-0.1, -0.05) is 12.1 Å². The summed E-state index contributed by atoms with van der Waals surface area (Å²) >= 11 is 0. The maximum absolute atomic E-state index is 11.2. The molecule has 1 heterocycles. The molecule has 0 unspecified atom stereocenters. The van der Waals surface area contributed by atoms with E-state index in [1.807, 2.05) is 24.3 Å². The molecule has 1 aromatic carbocycles. The van der Waals surface area contributed by atoms with Gasteiger partial charge in [0.1, 0.15) is 6.61 Å². The molecule has 1 aromatic rings. The van der Waals surface area contributed by atoms with Gasteiger partial charge < -0.3 is 15.6 Å². The van der Waals surface area contributed by atoms with Crippen LogP contribution in [0.1, 0.15) is 5.56 Å². The minimum atomic E-state index is -0.273. The summed E-state index contributed by atoms with van der Waals surface area (Å²) in [6, 6.07) is 7.60. The number of hydrogen-bond acceptors (Lipinski definition) is 4. The molecule has 5 heteroatoms. The van der Waals surface area contributed by atoms with Gasteiger partial charge in [0, 0.05) is 19.3 Å². The van der Waals surface area contributed by atoms with Gasteiger partial charge in [-0.3, -0.25) is 4.90 Å². The van der Waals surface area contributed by atoms with E-state index in [1.165, 1.54) is 0 Å². The highest BCUT2D eigenvalue weighted by Gasteiger charge is 2.22. The number of benzene rings is 1. The van der Waals surface area contributed by atoms with Crippen molar-refractivity contribution in [1.82, 2.24) is 0 Å². The number of nitrogens with two attached hydrogens (primary N) is 1. The van der Waals surface area contributed by atoms with Crippen molar-refractivity contribution < 1.29 is 14.6 Å². The average molecular weight is 224 g/mol. The predicted molar refractivity (Wildman–Crippen MR) is 61.2 cm³/mol. The average Bonchev–Trinajstić information content (AvgIpc) is 2.78. The first-order chi connectivity index (χ1) is 7.81. The molecule has 0 spiro atoms. The Bertz CT molecular complexity index is 338. The van der Waals surface area contributed by atoms with Crippen molar-refractivity contribution in [1.29, 1.82) is 0 Å². The maximum Gasteiger partial charge on any atom is 0.414 e. The van der Waals surface area contributed by atoms with Crippen LogP contribution < -0.4 is 10.6 Å². The molecule has 0 aromatic heterocycles. The molecule has 3 N–H and O–H groups in total. The highest BCUT2D eigenvalue weighted by atomic mass is 16.6. The number of cyclic esters (lactones) is 1. The molecule has 5 nitrogen and oxygen atoms in total.